The van der Waals surface area contributed by atoms with Gasteiger partial charge in [0.15, 0.2) is 0 Å². The number of aromatic nitrogens is 1. The number of rotatable bonds is 8. The van der Waals surface area contributed by atoms with Crippen molar-refractivity contribution >= 4 is 17.6 Å². The smallest absolute Gasteiger partial charge is 0.318 e. The van der Waals surface area contributed by atoms with Gasteiger partial charge in [0.05, 0.1) is 13.2 Å². The monoisotopic (exact) mass is 403 g/mol. The van der Waals surface area contributed by atoms with Crippen molar-refractivity contribution < 1.29 is 9.53 Å². The van der Waals surface area contributed by atoms with Gasteiger partial charge in [-0.1, -0.05) is 43.0 Å². The Morgan fingerprint density at radius 3 is 2.82 bits per heavy atom. The van der Waals surface area contributed by atoms with Crippen molar-refractivity contribution in [2.45, 2.75) is 51.2 Å². The lowest BCUT2D eigenvalue weighted by atomic mass is 9.96. The van der Waals surface area contributed by atoms with Crippen molar-refractivity contribution in [1.29, 1.82) is 0 Å². The minimum atomic E-state index is -0.000504. The third-order valence-corrected chi connectivity index (χ3v) is 5.54. The summed E-state index contributed by atoms with van der Waals surface area (Å²) in [5.41, 5.74) is 2.23. The number of ether oxygens (including phenoxy) is 1. The number of nitrogens with one attached hydrogen (secondary N) is 1. The van der Waals surface area contributed by atoms with Gasteiger partial charge in [-0.05, 0) is 42.7 Å². The summed E-state index contributed by atoms with van der Waals surface area (Å²) in [6.07, 6.45) is 7.88. The lowest BCUT2D eigenvalue weighted by Crippen LogP contribution is -2.46. The van der Waals surface area contributed by atoms with Crippen LogP contribution < -0.4 is 5.32 Å². The number of carbonyl (C=O) groups excluding carboxylic acids is 1. The second-order valence-electron chi connectivity index (χ2n) is 7.46. The van der Waals surface area contributed by atoms with Gasteiger partial charge in [0, 0.05) is 43.2 Å². The number of benzene rings is 1. The third-order valence-electron chi connectivity index (χ3n) is 5.30. The highest BCUT2D eigenvalue weighted by Crippen LogP contribution is 2.18. The number of hydrogen-bond acceptors (Lipinski definition) is 2. The van der Waals surface area contributed by atoms with Crippen LogP contribution in [0.4, 0.5) is 4.79 Å². The summed E-state index contributed by atoms with van der Waals surface area (Å²) >= 11 is 6.12. The molecule has 28 heavy (non-hydrogen) atoms. The molecule has 1 heterocycles. The molecule has 1 aliphatic carbocycles. The zero-order valence-corrected chi connectivity index (χ0v) is 17.3. The van der Waals surface area contributed by atoms with Gasteiger partial charge >= 0.3 is 6.03 Å². The van der Waals surface area contributed by atoms with E-state index >= 15 is 0 Å². The van der Waals surface area contributed by atoms with Crippen molar-refractivity contribution in [3.05, 3.63) is 58.9 Å². The molecular weight excluding hydrogens is 374 g/mol. The molecule has 0 radical (unpaired) electrons. The normalized spacial score (nSPS) is 14.8. The highest BCUT2D eigenvalue weighted by molar-refractivity contribution is 6.30. The SMILES string of the molecule is COCCN(Cc1cccn1Cc1cccc(Cl)c1)C(=O)NC1CCCCC1. The van der Waals surface area contributed by atoms with E-state index in [1.165, 1.54) is 19.3 Å². The molecule has 5 nitrogen and oxygen atoms in total. The molecule has 152 valence electrons. The molecule has 1 fully saturated rings. The van der Waals surface area contributed by atoms with Crippen LogP contribution in [0.2, 0.25) is 5.02 Å². The Morgan fingerprint density at radius 2 is 2.07 bits per heavy atom. The first-order valence-corrected chi connectivity index (χ1v) is 10.5. The largest absolute Gasteiger partial charge is 0.383 e. The van der Waals surface area contributed by atoms with Crippen LogP contribution >= 0.6 is 11.6 Å². The average molecular weight is 404 g/mol. The van der Waals surface area contributed by atoms with Gasteiger partial charge in [-0.2, -0.15) is 0 Å². The fourth-order valence-corrected chi connectivity index (χ4v) is 3.95. The standard InChI is InChI=1S/C22H30ClN3O2/c1-28-14-13-26(22(27)24-20-9-3-2-4-10-20)17-21-11-6-12-25(21)16-18-7-5-8-19(23)15-18/h5-8,11-12,15,20H,2-4,9-10,13-14,16-17H2,1H3,(H,24,27). The Balaban J connectivity index is 1.66. The van der Waals surface area contributed by atoms with Gasteiger partial charge in [0.1, 0.15) is 0 Å². The molecule has 1 N–H and O–H groups in total. The summed E-state index contributed by atoms with van der Waals surface area (Å²) in [5.74, 6) is 0. The second-order valence-corrected chi connectivity index (χ2v) is 7.89. The molecule has 3 rings (SSSR count). The number of nitrogens with zero attached hydrogens (tertiary/aromatic N) is 2. The summed E-state index contributed by atoms with van der Waals surface area (Å²) in [5, 5.41) is 3.96. The minimum absolute atomic E-state index is 0.000504. The molecule has 1 aromatic heterocycles. The second kappa shape index (κ2) is 10.5. The van der Waals surface area contributed by atoms with E-state index in [1.807, 2.05) is 35.4 Å². The molecule has 0 bridgehead atoms. The molecule has 2 amide bonds. The van der Waals surface area contributed by atoms with E-state index < -0.39 is 0 Å². The van der Waals surface area contributed by atoms with Gasteiger partial charge in [-0.3, -0.25) is 0 Å². The van der Waals surface area contributed by atoms with E-state index in [0.717, 1.165) is 35.7 Å². The van der Waals surface area contributed by atoms with E-state index in [0.29, 0.717) is 25.7 Å². The van der Waals surface area contributed by atoms with E-state index in [9.17, 15) is 4.79 Å². The van der Waals surface area contributed by atoms with Crippen molar-refractivity contribution in [2.75, 3.05) is 20.3 Å². The Bertz CT molecular complexity index is 756. The summed E-state index contributed by atoms with van der Waals surface area (Å²) in [4.78, 5) is 14.7. The van der Waals surface area contributed by atoms with Crippen LogP contribution in [0.5, 0.6) is 0 Å². The zero-order chi connectivity index (χ0) is 19.8. The van der Waals surface area contributed by atoms with Crippen LogP contribution in [-0.2, 0) is 17.8 Å². The maximum Gasteiger partial charge on any atom is 0.318 e. The van der Waals surface area contributed by atoms with Gasteiger partial charge in [-0.15, -0.1) is 0 Å². The molecule has 2 aromatic rings. The third kappa shape index (κ3) is 6.01. The maximum absolute atomic E-state index is 12.9. The summed E-state index contributed by atoms with van der Waals surface area (Å²) in [6.45, 7) is 2.37. The predicted molar refractivity (Wildman–Crippen MR) is 113 cm³/mol. The summed E-state index contributed by atoms with van der Waals surface area (Å²) in [7, 11) is 1.67. The first-order chi connectivity index (χ1) is 13.7. The van der Waals surface area contributed by atoms with Crippen LogP contribution in [0.25, 0.3) is 0 Å². The van der Waals surface area contributed by atoms with Gasteiger partial charge in [0.2, 0.25) is 0 Å². The Labute approximate surface area is 172 Å². The molecule has 1 aliphatic rings. The van der Waals surface area contributed by atoms with E-state index in [-0.39, 0.29) is 6.03 Å². The number of methoxy groups -OCH3 is 1. The topological polar surface area (TPSA) is 46.5 Å². The number of hydrogen-bond donors (Lipinski definition) is 1. The van der Waals surface area contributed by atoms with E-state index in [2.05, 4.69) is 22.0 Å². The first kappa shape index (κ1) is 20.7. The number of halogens is 1. The van der Waals surface area contributed by atoms with Gasteiger partial charge < -0.3 is 19.5 Å². The van der Waals surface area contributed by atoms with Crippen LogP contribution in [0.15, 0.2) is 42.6 Å². The van der Waals surface area contributed by atoms with E-state index in [1.54, 1.807) is 7.11 Å². The number of urea groups is 1. The van der Waals surface area contributed by atoms with Crippen molar-refractivity contribution in [2.24, 2.45) is 0 Å². The van der Waals surface area contributed by atoms with Crippen LogP contribution in [-0.4, -0.2) is 41.8 Å². The lowest BCUT2D eigenvalue weighted by molar-refractivity contribution is 0.142. The van der Waals surface area contributed by atoms with Crippen LogP contribution in [0.3, 0.4) is 0 Å². The highest BCUT2D eigenvalue weighted by atomic mass is 35.5. The molecule has 1 aromatic carbocycles. The average Bonchev–Trinajstić information content (AvgIpc) is 3.12. The molecule has 0 atom stereocenters. The summed E-state index contributed by atoms with van der Waals surface area (Å²) in [6, 6.07) is 12.3. The van der Waals surface area contributed by atoms with Gasteiger partial charge in [0.25, 0.3) is 0 Å². The lowest BCUT2D eigenvalue weighted by Gasteiger charge is -2.28. The predicted octanol–water partition coefficient (Wildman–Crippen LogP) is 4.68. The molecule has 6 heteroatoms. The molecule has 0 spiro atoms. The Kier molecular flexibility index (Phi) is 7.80. The van der Waals surface area contributed by atoms with Crippen LogP contribution in [0.1, 0.15) is 43.4 Å². The van der Waals surface area contributed by atoms with E-state index in [4.69, 9.17) is 16.3 Å². The van der Waals surface area contributed by atoms with Crippen LogP contribution in [0, 0.1) is 0 Å². The fraction of sp³-hybridized carbons (Fsp3) is 0.500. The summed E-state index contributed by atoms with van der Waals surface area (Å²) < 4.78 is 7.39. The minimum Gasteiger partial charge on any atom is -0.383 e. The van der Waals surface area contributed by atoms with Crippen molar-refractivity contribution in [3.8, 4) is 0 Å². The highest BCUT2D eigenvalue weighted by Gasteiger charge is 2.20. The van der Waals surface area contributed by atoms with Crippen molar-refractivity contribution in [3.63, 3.8) is 0 Å². The van der Waals surface area contributed by atoms with Gasteiger partial charge in [-0.25, -0.2) is 4.79 Å². The quantitative estimate of drug-likeness (QED) is 0.695. The Hall–Kier alpha value is -1.98. The molecule has 1 saturated carbocycles. The zero-order valence-electron chi connectivity index (χ0n) is 16.6. The Morgan fingerprint density at radius 1 is 1.25 bits per heavy atom. The fourth-order valence-electron chi connectivity index (χ4n) is 3.74. The molecular formula is C22H30ClN3O2. The number of amides is 2. The van der Waals surface area contributed by atoms with Crippen molar-refractivity contribution in [1.82, 2.24) is 14.8 Å². The molecule has 0 saturated heterocycles. The molecule has 0 unspecified atom stereocenters. The number of carbonyl (C=O) groups is 1. The maximum atomic E-state index is 12.9. The first-order valence-electron chi connectivity index (χ1n) is 10.1. The molecule has 0 aliphatic heterocycles.